The summed E-state index contributed by atoms with van der Waals surface area (Å²) < 4.78 is 18.5. The zero-order chi connectivity index (χ0) is 12.4. The van der Waals surface area contributed by atoms with Gasteiger partial charge in [0.05, 0.1) is 13.5 Å². The lowest BCUT2D eigenvalue weighted by molar-refractivity contribution is -0.141. The van der Waals surface area contributed by atoms with Crippen molar-refractivity contribution in [1.29, 1.82) is 0 Å². The van der Waals surface area contributed by atoms with Crippen LogP contribution in [0.15, 0.2) is 12.1 Å². The Bertz CT molecular complexity index is 443. The van der Waals surface area contributed by atoms with Crippen molar-refractivity contribution in [3.63, 3.8) is 0 Å². The minimum atomic E-state index is -0.587. The normalized spacial score (nSPS) is 18.6. The van der Waals surface area contributed by atoms with Crippen LogP contribution in [0.5, 0.6) is 5.75 Å². The van der Waals surface area contributed by atoms with Crippen LogP contribution in [0.1, 0.15) is 36.3 Å². The van der Waals surface area contributed by atoms with Gasteiger partial charge in [-0.2, -0.15) is 0 Å². The molecule has 1 atom stereocenters. The molecule has 1 unspecified atom stereocenters. The van der Waals surface area contributed by atoms with Crippen LogP contribution in [0.25, 0.3) is 0 Å². The maximum atomic E-state index is 13.9. The van der Waals surface area contributed by atoms with Crippen LogP contribution >= 0.6 is 0 Å². The van der Waals surface area contributed by atoms with E-state index >= 15 is 0 Å². The van der Waals surface area contributed by atoms with Crippen molar-refractivity contribution in [1.82, 2.24) is 0 Å². The van der Waals surface area contributed by atoms with E-state index in [0.29, 0.717) is 5.56 Å². The van der Waals surface area contributed by atoms with E-state index in [1.807, 2.05) is 0 Å². The molecule has 1 aromatic rings. The summed E-state index contributed by atoms with van der Waals surface area (Å²) in [6, 6.07) is 3.10. The molecule has 1 aliphatic carbocycles. The van der Waals surface area contributed by atoms with Crippen LogP contribution in [0.3, 0.4) is 0 Å². The van der Waals surface area contributed by atoms with Crippen LogP contribution in [0, 0.1) is 5.82 Å². The molecule has 1 aromatic carbocycles. The first-order chi connectivity index (χ1) is 8.13. The average molecular weight is 238 g/mol. The molecule has 0 aromatic heterocycles. The predicted octanol–water partition coefficient (Wildman–Crippen LogP) is 2.51. The minimum Gasteiger partial charge on any atom is -0.505 e. The van der Waals surface area contributed by atoms with E-state index in [1.165, 1.54) is 13.2 Å². The van der Waals surface area contributed by atoms with E-state index in [0.717, 1.165) is 24.8 Å². The molecule has 0 aliphatic heterocycles. The second-order valence-electron chi connectivity index (χ2n) is 4.34. The second-order valence-corrected chi connectivity index (χ2v) is 4.34. The number of hydrogen-bond donors (Lipinski definition) is 1. The van der Waals surface area contributed by atoms with Crippen LogP contribution in [0.2, 0.25) is 0 Å². The lowest BCUT2D eigenvalue weighted by Gasteiger charge is -2.25. The lowest BCUT2D eigenvalue weighted by atomic mass is 9.80. The van der Waals surface area contributed by atoms with Crippen molar-refractivity contribution in [3.05, 3.63) is 29.1 Å². The van der Waals surface area contributed by atoms with Gasteiger partial charge in [0, 0.05) is 0 Å². The Morgan fingerprint density at radius 2 is 2.35 bits per heavy atom. The second kappa shape index (κ2) is 4.73. The monoisotopic (exact) mass is 238 g/mol. The summed E-state index contributed by atoms with van der Waals surface area (Å²) in [4.78, 5) is 11.3. The van der Waals surface area contributed by atoms with Crippen molar-refractivity contribution in [2.45, 2.75) is 31.6 Å². The molecular weight excluding hydrogens is 223 g/mol. The maximum Gasteiger partial charge on any atom is 0.306 e. The van der Waals surface area contributed by atoms with Crippen LogP contribution < -0.4 is 0 Å². The molecule has 0 saturated heterocycles. The summed E-state index contributed by atoms with van der Waals surface area (Å²) in [5, 5.41) is 9.39. The molecule has 0 fully saturated rings. The molecule has 0 spiro atoms. The number of aryl methyl sites for hydroxylation is 1. The molecule has 1 aliphatic rings. The molecule has 4 heteroatoms. The Labute approximate surface area is 99.2 Å². The summed E-state index contributed by atoms with van der Waals surface area (Å²) in [6.45, 7) is 0. The Balaban J connectivity index is 2.35. The molecule has 17 heavy (non-hydrogen) atoms. The predicted molar refractivity (Wildman–Crippen MR) is 60.4 cm³/mol. The Morgan fingerprint density at radius 3 is 3.06 bits per heavy atom. The molecule has 0 heterocycles. The van der Waals surface area contributed by atoms with E-state index in [4.69, 9.17) is 0 Å². The van der Waals surface area contributed by atoms with E-state index in [2.05, 4.69) is 4.74 Å². The van der Waals surface area contributed by atoms with Gasteiger partial charge >= 0.3 is 5.97 Å². The molecule has 0 amide bonds. The molecule has 2 rings (SSSR count). The highest BCUT2D eigenvalue weighted by molar-refractivity contribution is 5.70. The van der Waals surface area contributed by atoms with Crippen molar-refractivity contribution in [3.8, 4) is 5.75 Å². The molecule has 0 saturated carbocycles. The average Bonchev–Trinajstić information content (AvgIpc) is 2.34. The Hall–Kier alpha value is -1.58. The number of carbonyl (C=O) groups excluding carboxylic acids is 1. The van der Waals surface area contributed by atoms with Gasteiger partial charge < -0.3 is 9.84 Å². The summed E-state index contributed by atoms with van der Waals surface area (Å²) in [5.74, 6) is -1.46. The minimum absolute atomic E-state index is 0.171. The Kier molecular flexibility index (Phi) is 3.31. The van der Waals surface area contributed by atoms with Gasteiger partial charge in [-0.1, -0.05) is 6.07 Å². The molecule has 92 valence electrons. The van der Waals surface area contributed by atoms with Crippen LogP contribution in [-0.4, -0.2) is 18.2 Å². The number of fused-ring (bicyclic) bond motifs is 1. The van der Waals surface area contributed by atoms with Gasteiger partial charge in [-0.25, -0.2) is 4.39 Å². The number of halogens is 1. The standard InChI is InChI=1S/C13H15FO3/c1-17-11(16)7-9-4-2-3-8-5-6-10(15)13(14)12(8)9/h5-6,9,15H,2-4,7H2,1H3. The zero-order valence-electron chi connectivity index (χ0n) is 9.70. The van der Waals surface area contributed by atoms with Gasteiger partial charge in [-0.3, -0.25) is 4.79 Å². The lowest BCUT2D eigenvalue weighted by Crippen LogP contribution is -2.16. The van der Waals surface area contributed by atoms with Gasteiger partial charge in [-0.15, -0.1) is 0 Å². The fraction of sp³-hybridized carbons (Fsp3) is 0.462. The first-order valence-corrected chi connectivity index (χ1v) is 5.70. The van der Waals surface area contributed by atoms with E-state index in [9.17, 15) is 14.3 Å². The third kappa shape index (κ3) is 2.25. The number of methoxy groups -OCH3 is 1. The molecule has 0 radical (unpaired) electrons. The van der Waals surface area contributed by atoms with Crippen molar-refractivity contribution in [2.24, 2.45) is 0 Å². The summed E-state index contributed by atoms with van der Waals surface area (Å²) in [6.07, 6.45) is 2.65. The third-order valence-electron chi connectivity index (χ3n) is 3.30. The molecule has 3 nitrogen and oxygen atoms in total. The molecule has 1 N–H and O–H groups in total. The Morgan fingerprint density at radius 1 is 1.59 bits per heavy atom. The number of aromatic hydroxyl groups is 1. The summed E-state index contributed by atoms with van der Waals surface area (Å²) in [5.41, 5.74) is 1.38. The number of rotatable bonds is 2. The van der Waals surface area contributed by atoms with E-state index in [1.54, 1.807) is 6.07 Å². The first kappa shape index (κ1) is 11.9. The molecule has 0 bridgehead atoms. The van der Waals surface area contributed by atoms with Gasteiger partial charge in [0.25, 0.3) is 0 Å². The van der Waals surface area contributed by atoms with Gasteiger partial charge in [0.15, 0.2) is 11.6 Å². The first-order valence-electron chi connectivity index (χ1n) is 5.70. The fourth-order valence-electron chi connectivity index (χ4n) is 2.45. The van der Waals surface area contributed by atoms with E-state index < -0.39 is 5.82 Å². The maximum absolute atomic E-state index is 13.9. The largest absolute Gasteiger partial charge is 0.505 e. The van der Waals surface area contributed by atoms with Crippen LogP contribution in [0.4, 0.5) is 4.39 Å². The number of ether oxygens (including phenoxy) is 1. The topological polar surface area (TPSA) is 46.5 Å². The van der Waals surface area contributed by atoms with Gasteiger partial charge in [0.2, 0.25) is 0 Å². The number of esters is 1. The number of hydrogen-bond acceptors (Lipinski definition) is 3. The van der Waals surface area contributed by atoms with Gasteiger partial charge in [0.1, 0.15) is 0 Å². The number of phenols is 1. The SMILES string of the molecule is COC(=O)CC1CCCc2ccc(O)c(F)c21. The van der Waals surface area contributed by atoms with Crippen molar-refractivity contribution >= 4 is 5.97 Å². The quantitative estimate of drug-likeness (QED) is 0.805. The highest BCUT2D eigenvalue weighted by Gasteiger charge is 2.27. The van der Waals surface area contributed by atoms with Gasteiger partial charge in [-0.05, 0) is 42.4 Å². The summed E-state index contributed by atoms with van der Waals surface area (Å²) in [7, 11) is 1.32. The number of phenolic OH excluding ortho intramolecular Hbond substituents is 1. The fourth-order valence-corrected chi connectivity index (χ4v) is 2.45. The van der Waals surface area contributed by atoms with E-state index in [-0.39, 0.29) is 24.1 Å². The van der Waals surface area contributed by atoms with Crippen molar-refractivity contribution < 1.29 is 19.0 Å². The highest BCUT2D eigenvalue weighted by Crippen LogP contribution is 2.38. The number of carbonyl (C=O) groups is 1. The number of benzene rings is 1. The van der Waals surface area contributed by atoms with Crippen LogP contribution in [-0.2, 0) is 16.0 Å². The smallest absolute Gasteiger partial charge is 0.306 e. The summed E-state index contributed by atoms with van der Waals surface area (Å²) >= 11 is 0. The third-order valence-corrected chi connectivity index (χ3v) is 3.30. The van der Waals surface area contributed by atoms with Crippen molar-refractivity contribution in [2.75, 3.05) is 7.11 Å². The zero-order valence-corrected chi connectivity index (χ0v) is 9.70. The molecular formula is C13H15FO3. The highest BCUT2D eigenvalue weighted by atomic mass is 19.1.